The lowest BCUT2D eigenvalue weighted by molar-refractivity contribution is -0.117. The predicted molar refractivity (Wildman–Crippen MR) is 218 cm³/mol. The SMILES string of the molecule is CC1=CCCC2(C)C(CCC2(O)CN(CC2CCC3CC2C3(C)C)C(=O)Nc2ccccc2)c2ccc(cc2C(=O)Cc2c(F)cccc2Cl)CC(O)CC1. The molecule has 0 spiro atoms. The zero-order valence-corrected chi connectivity index (χ0v) is 33.7. The molecule has 8 heteroatoms. The van der Waals surface area contributed by atoms with Crippen molar-refractivity contribution in [1.82, 2.24) is 4.90 Å². The number of aliphatic hydroxyl groups is 2. The number of Topliss-reactive ketones (excluding diaryl/α,β-unsaturated/α-hetero) is 1. The summed E-state index contributed by atoms with van der Waals surface area (Å²) in [4.78, 5) is 30.6. The van der Waals surface area contributed by atoms with Crippen molar-refractivity contribution in [3.63, 3.8) is 0 Å². The standard InChI is InChI=1S/C47H58ClFN2O4/c1-30-10-9-22-46(4)39(36-20-16-31(24-35(52)19-15-30)25-37(36)43(53)27-38-41(48)13-8-14-42(38)49)21-23-47(46,55)29-51(44(54)50-34-11-6-5-7-12-34)28-32-17-18-33-26-40(32)45(33,2)3/h5-8,10-14,16,20,25,32-33,35,39-40,52,55H,9,15,17-19,21-24,26-29H2,1-4H3,(H,50,54). The molecule has 3 aromatic carbocycles. The lowest BCUT2D eigenvalue weighted by atomic mass is 9.45. The number of halogens is 2. The fourth-order valence-corrected chi connectivity index (χ4v) is 11.2. The second-order valence-corrected chi connectivity index (χ2v) is 18.5. The Balaban J connectivity index is 1.27. The molecule has 3 N–H and O–H groups in total. The van der Waals surface area contributed by atoms with Crippen LogP contribution in [0.2, 0.25) is 5.02 Å². The number of hydrogen-bond acceptors (Lipinski definition) is 4. The van der Waals surface area contributed by atoms with Crippen LogP contribution in [-0.2, 0) is 12.8 Å². The van der Waals surface area contributed by atoms with Crippen LogP contribution in [0.3, 0.4) is 0 Å². The molecule has 6 aliphatic rings. The Bertz CT molecular complexity index is 1910. The fourth-order valence-electron chi connectivity index (χ4n) is 10.9. The van der Waals surface area contributed by atoms with Crippen LogP contribution in [0.5, 0.6) is 0 Å². The van der Waals surface area contributed by atoms with Gasteiger partial charge in [-0.05, 0) is 142 Å². The number of carbonyl (C=O) groups is 2. The number of amides is 2. The number of hydrogen-bond donors (Lipinski definition) is 3. The molecule has 4 fully saturated rings. The number of carbonyl (C=O) groups excluding carboxylic acids is 2. The first-order valence-corrected chi connectivity index (χ1v) is 20.8. The highest BCUT2D eigenvalue weighted by Gasteiger charge is 2.59. The average molecular weight is 769 g/mol. The third-order valence-electron chi connectivity index (χ3n) is 14.6. The van der Waals surface area contributed by atoms with Crippen molar-refractivity contribution >= 4 is 29.1 Å². The zero-order valence-electron chi connectivity index (χ0n) is 32.9. The summed E-state index contributed by atoms with van der Waals surface area (Å²) in [5.41, 5.74) is 2.48. The number of ketones is 1. The van der Waals surface area contributed by atoms with Gasteiger partial charge in [0, 0.05) is 40.2 Å². The van der Waals surface area contributed by atoms with E-state index in [-0.39, 0.29) is 46.7 Å². The van der Waals surface area contributed by atoms with Crippen molar-refractivity contribution in [2.75, 3.05) is 18.4 Å². The molecule has 0 heterocycles. The van der Waals surface area contributed by atoms with E-state index in [0.29, 0.717) is 62.5 Å². The van der Waals surface area contributed by atoms with Crippen LogP contribution in [0.15, 0.2) is 78.4 Å². The van der Waals surface area contributed by atoms with E-state index in [1.165, 1.54) is 30.5 Å². The zero-order chi connectivity index (χ0) is 39.1. The molecule has 0 radical (unpaired) electrons. The summed E-state index contributed by atoms with van der Waals surface area (Å²) < 4.78 is 15.0. The molecule has 0 aliphatic heterocycles. The van der Waals surface area contributed by atoms with E-state index < -0.39 is 22.9 Å². The Kier molecular flexibility index (Phi) is 11.4. The van der Waals surface area contributed by atoms with Gasteiger partial charge in [-0.2, -0.15) is 0 Å². The molecule has 4 bridgehead atoms. The first-order chi connectivity index (χ1) is 26.2. The number of rotatable bonds is 8. The summed E-state index contributed by atoms with van der Waals surface area (Å²) in [5.74, 6) is 0.634. The minimum Gasteiger partial charge on any atom is -0.393 e. The van der Waals surface area contributed by atoms with E-state index in [2.05, 4.69) is 39.1 Å². The number of nitrogens with one attached hydrogen (secondary N) is 1. The predicted octanol–water partition coefficient (Wildman–Crippen LogP) is 10.5. The van der Waals surface area contributed by atoms with E-state index in [4.69, 9.17) is 11.6 Å². The normalized spacial score (nSPS) is 30.0. The topological polar surface area (TPSA) is 89.9 Å². The molecule has 0 saturated heterocycles. The van der Waals surface area contributed by atoms with E-state index in [9.17, 15) is 19.8 Å². The van der Waals surface area contributed by atoms with Crippen molar-refractivity contribution in [2.45, 2.75) is 116 Å². The highest BCUT2D eigenvalue weighted by Crippen LogP contribution is 2.62. The molecule has 6 nitrogen and oxygen atoms in total. The van der Waals surface area contributed by atoms with Crippen molar-refractivity contribution < 1.29 is 24.2 Å². The largest absolute Gasteiger partial charge is 0.393 e. The molecule has 7 atom stereocenters. The number of benzene rings is 3. The van der Waals surface area contributed by atoms with Gasteiger partial charge in [-0.15, -0.1) is 0 Å². The number of para-hydroxylation sites is 1. The maximum atomic E-state index is 15.0. The Labute approximate surface area is 331 Å². The van der Waals surface area contributed by atoms with Gasteiger partial charge >= 0.3 is 6.03 Å². The molecule has 4 saturated carbocycles. The number of urea groups is 1. The van der Waals surface area contributed by atoms with Crippen molar-refractivity contribution in [3.8, 4) is 0 Å². The Morgan fingerprint density at radius 3 is 2.49 bits per heavy atom. The first kappa shape index (κ1) is 39.7. The fraction of sp³-hybridized carbons (Fsp3) is 0.532. The summed E-state index contributed by atoms with van der Waals surface area (Å²) in [6.07, 6.45) is 9.05. The molecule has 6 aliphatic carbocycles. The van der Waals surface area contributed by atoms with E-state index in [1.54, 1.807) is 6.07 Å². The monoisotopic (exact) mass is 768 g/mol. The number of anilines is 1. The van der Waals surface area contributed by atoms with Crippen LogP contribution >= 0.6 is 11.6 Å². The summed E-state index contributed by atoms with van der Waals surface area (Å²) >= 11 is 6.43. The van der Waals surface area contributed by atoms with E-state index in [1.807, 2.05) is 53.4 Å². The lowest BCUT2D eigenvalue weighted by Crippen LogP contribution is -2.58. The van der Waals surface area contributed by atoms with Gasteiger partial charge < -0.3 is 20.4 Å². The second-order valence-electron chi connectivity index (χ2n) is 18.1. The van der Waals surface area contributed by atoms with Crippen molar-refractivity contribution in [3.05, 3.63) is 111 Å². The molecular weight excluding hydrogens is 711 g/mol. The van der Waals surface area contributed by atoms with Gasteiger partial charge in [0.15, 0.2) is 5.78 Å². The third-order valence-corrected chi connectivity index (χ3v) is 14.9. The molecule has 55 heavy (non-hydrogen) atoms. The summed E-state index contributed by atoms with van der Waals surface area (Å²) in [7, 11) is 0. The smallest absolute Gasteiger partial charge is 0.321 e. The number of fused-ring (bicyclic) bond motifs is 10. The van der Waals surface area contributed by atoms with Crippen LogP contribution in [0.25, 0.3) is 0 Å². The van der Waals surface area contributed by atoms with Gasteiger partial charge in [-0.1, -0.05) is 80.4 Å². The summed E-state index contributed by atoms with van der Waals surface area (Å²) in [6, 6.07) is 19.6. The van der Waals surface area contributed by atoms with Gasteiger partial charge in [0.25, 0.3) is 0 Å². The average Bonchev–Trinajstić information content (AvgIpc) is 3.40. The highest BCUT2D eigenvalue weighted by atomic mass is 35.5. The Morgan fingerprint density at radius 1 is 0.982 bits per heavy atom. The number of aliphatic hydroxyl groups excluding tert-OH is 1. The Hall–Kier alpha value is -3.52. The van der Waals surface area contributed by atoms with Gasteiger partial charge in [0.05, 0.1) is 18.2 Å². The molecule has 0 aromatic heterocycles. The first-order valence-electron chi connectivity index (χ1n) is 20.4. The van der Waals surface area contributed by atoms with Crippen molar-refractivity contribution in [2.24, 2.45) is 28.6 Å². The van der Waals surface area contributed by atoms with E-state index in [0.717, 1.165) is 35.6 Å². The van der Waals surface area contributed by atoms with Crippen LogP contribution < -0.4 is 5.32 Å². The minimum absolute atomic E-state index is 0.162. The second kappa shape index (κ2) is 15.8. The molecule has 294 valence electrons. The minimum atomic E-state index is -1.26. The quantitative estimate of drug-likeness (QED) is 0.157. The van der Waals surface area contributed by atoms with Crippen molar-refractivity contribution in [1.29, 1.82) is 0 Å². The third kappa shape index (κ3) is 7.91. The maximum absolute atomic E-state index is 15.0. The number of allylic oxidation sites excluding steroid dienone is 2. The van der Waals surface area contributed by atoms with Crippen LogP contribution in [0.1, 0.15) is 118 Å². The molecule has 9 rings (SSSR count). The Morgan fingerprint density at radius 2 is 1.76 bits per heavy atom. The van der Waals surface area contributed by atoms with Gasteiger partial charge in [-0.3, -0.25) is 4.79 Å². The maximum Gasteiger partial charge on any atom is 0.321 e. The van der Waals surface area contributed by atoms with Gasteiger partial charge in [0.2, 0.25) is 0 Å². The summed E-state index contributed by atoms with van der Waals surface area (Å²) in [6.45, 7) is 9.74. The molecule has 2 amide bonds. The van der Waals surface area contributed by atoms with E-state index >= 15 is 4.39 Å². The number of nitrogens with zero attached hydrogens (tertiary/aromatic N) is 1. The molecule has 7 unspecified atom stereocenters. The highest BCUT2D eigenvalue weighted by molar-refractivity contribution is 6.31. The lowest BCUT2D eigenvalue weighted by Gasteiger charge is -2.60. The van der Waals surface area contributed by atoms with Gasteiger partial charge in [0.1, 0.15) is 5.82 Å². The molecule has 3 aromatic rings. The van der Waals surface area contributed by atoms with Crippen LogP contribution in [0, 0.1) is 34.4 Å². The van der Waals surface area contributed by atoms with Crippen LogP contribution in [0.4, 0.5) is 14.9 Å². The van der Waals surface area contributed by atoms with Crippen LogP contribution in [-0.4, -0.2) is 51.7 Å². The molecular formula is C47H58ClFN2O4. The summed E-state index contributed by atoms with van der Waals surface area (Å²) in [5, 5.41) is 27.6. The van der Waals surface area contributed by atoms with Gasteiger partial charge in [-0.25, -0.2) is 9.18 Å².